The molecular weight excluding hydrogens is 390 g/mol. The van der Waals surface area contributed by atoms with Crippen molar-refractivity contribution in [3.8, 4) is 5.75 Å². The van der Waals surface area contributed by atoms with E-state index >= 15 is 0 Å². The first kappa shape index (κ1) is 22.3. The van der Waals surface area contributed by atoms with Crippen molar-refractivity contribution in [2.45, 2.75) is 45.4 Å². The number of esters is 1. The van der Waals surface area contributed by atoms with Crippen LogP contribution in [0, 0.1) is 0 Å². The van der Waals surface area contributed by atoms with Gasteiger partial charge in [-0.25, -0.2) is 4.79 Å². The van der Waals surface area contributed by atoms with E-state index in [1.165, 1.54) is 6.08 Å². The number of allylic oxidation sites excluding steroid dienone is 2. The maximum Gasteiger partial charge on any atom is 0.331 e. The van der Waals surface area contributed by atoms with Gasteiger partial charge in [0.15, 0.2) is 5.78 Å². The summed E-state index contributed by atoms with van der Waals surface area (Å²) in [5, 5.41) is 0. The number of carbonyl (C=O) groups is 2. The van der Waals surface area contributed by atoms with Crippen LogP contribution in [0.5, 0.6) is 5.75 Å². The lowest BCUT2D eigenvalue weighted by Gasteiger charge is -2.37. The number of ether oxygens (including phenoxy) is 2. The lowest BCUT2D eigenvalue weighted by Crippen LogP contribution is -2.33. The Morgan fingerprint density at radius 3 is 2.39 bits per heavy atom. The Balaban J connectivity index is 1.93. The molecule has 0 N–H and O–H groups in total. The number of hydrogen-bond donors (Lipinski definition) is 0. The first-order chi connectivity index (χ1) is 14.7. The number of carbonyl (C=O) groups excluding carboxylic acids is 2. The van der Waals surface area contributed by atoms with E-state index in [0.717, 1.165) is 16.9 Å². The smallest absolute Gasteiger partial charge is 0.331 e. The molecule has 1 aliphatic rings. The van der Waals surface area contributed by atoms with Gasteiger partial charge in [0.25, 0.3) is 0 Å². The van der Waals surface area contributed by atoms with Crippen LogP contribution in [0.3, 0.4) is 0 Å². The summed E-state index contributed by atoms with van der Waals surface area (Å²) in [6.07, 6.45) is 5.02. The Morgan fingerprint density at radius 1 is 1.10 bits per heavy atom. The van der Waals surface area contributed by atoms with Crippen LogP contribution in [0.1, 0.15) is 44.4 Å². The molecule has 5 heteroatoms. The van der Waals surface area contributed by atoms with Crippen molar-refractivity contribution in [2.24, 2.45) is 0 Å². The van der Waals surface area contributed by atoms with Crippen molar-refractivity contribution >= 4 is 11.8 Å². The van der Waals surface area contributed by atoms with Gasteiger partial charge >= 0.3 is 5.97 Å². The molecule has 1 heterocycles. The lowest BCUT2D eigenvalue weighted by atomic mass is 9.94. The molecule has 2 aromatic carbocycles. The molecule has 0 saturated carbocycles. The Morgan fingerprint density at radius 2 is 1.77 bits per heavy atom. The third kappa shape index (κ3) is 6.32. The van der Waals surface area contributed by atoms with Crippen molar-refractivity contribution < 1.29 is 19.1 Å². The molecule has 5 nitrogen and oxygen atoms in total. The zero-order chi connectivity index (χ0) is 22.4. The molecule has 162 valence electrons. The predicted octanol–water partition coefficient (Wildman–Crippen LogP) is 4.99. The van der Waals surface area contributed by atoms with E-state index in [0.29, 0.717) is 18.7 Å². The Kier molecular flexibility index (Phi) is 6.95. The van der Waals surface area contributed by atoms with E-state index in [-0.39, 0.29) is 11.8 Å². The molecule has 3 rings (SSSR count). The number of ketones is 1. The number of rotatable bonds is 6. The maximum absolute atomic E-state index is 12.6. The fraction of sp³-hybridized carbons (Fsp3) is 0.308. The topological polar surface area (TPSA) is 55.8 Å². The van der Waals surface area contributed by atoms with Crippen molar-refractivity contribution in [1.82, 2.24) is 4.90 Å². The normalized spacial score (nSPS) is 16.9. The fourth-order valence-corrected chi connectivity index (χ4v) is 3.53. The molecule has 0 fully saturated rings. The Hall–Kier alpha value is -3.34. The highest BCUT2D eigenvalue weighted by molar-refractivity contribution is 5.92. The number of benzene rings is 2. The lowest BCUT2D eigenvalue weighted by molar-refractivity contribution is -0.148. The van der Waals surface area contributed by atoms with E-state index in [1.54, 1.807) is 19.3 Å². The van der Waals surface area contributed by atoms with Gasteiger partial charge in [-0.1, -0.05) is 42.5 Å². The van der Waals surface area contributed by atoms with Gasteiger partial charge in [0.1, 0.15) is 11.4 Å². The average Bonchev–Trinajstić information content (AvgIpc) is 2.73. The van der Waals surface area contributed by atoms with Gasteiger partial charge in [-0.2, -0.15) is 0 Å². The highest BCUT2D eigenvalue weighted by atomic mass is 16.6. The SMILES string of the molecule is COc1ccc(C2CC(=O)C=C(/C=C/C(=O)OC(C)(C)C)N2Cc2ccccc2)cc1. The molecule has 2 aromatic rings. The van der Waals surface area contributed by atoms with Crippen LogP contribution in [0.15, 0.2) is 78.5 Å². The molecule has 0 aromatic heterocycles. The highest BCUT2D eigenvalue weighted by Crippen LogP contribution is 2.35. The Labute approximate surface area is 184 Å². The van der Waals surface area contributed by atoms with Gasteiger partial charge < -0.3 is 14.4 Å². The summed E-state index contributed by atoms with van der Waals surface area (Å²) in [5.74, 6) is 0.349. The van der Waals surface area contributed by atoms with Crippen molar-refractivity contribution in [2.75, 3.05) is 7.11 Å². The molecule has 0 radical (unpaired) electrons. The highest BCUT2D eigenvalue weighted by Gasteiger charge is 2.29. The van der Waals surface area contributed by atoms with Crippen molar-refractivity contribution in [3.05, 3.63) is 89.6 Å². The van der Waals surface area contributed by atoms with Crippen LogP contribution in [-0.2, 0) is 20.9 Å². The average molecular weight is 420 g/mol. The minimum absolute atomic E-state index is 0.0222. The molecular formula is C26H29NO4. The van der Waals surface area contributed by atoms with E-state index in [2.05, 4.69) is 17.0 Å². The van der Waals surface area contributed by atoms with Crippen LogP contribution in [0.2, 0.25) is 0 Å². The number of nitrogens with zero attached hydrogens (tertiary/aromatic N) is 1. The summed E-state index contributed by atoms with van der Waals surface area (Å²) in [4.78, 5) is 26.9. The van der Waals surface area contributed by atoms with E-state index in [1.807, 2.05) is 63.2 Å². The minimum atomic E-state index is -0.576. The molecule has 1 unspecified atom stereocenters. The van der Waals surface area contributed by atoms with Gasteiger partial charge in [0.2, 0.25) is 0 Å². The zero-order valence-corrected chi connectivity index (χ0v) is 18.5. The van der Waals surface area contributed by atoms with E-state index < -0.39 is 11.6 Å². The van der Waals surface area contributed by atoms with Crippen LogP contribution < -0.4 is 4.74 Å². The molecule has 1 aliphatic heterocycles. The minimum Gasteiger partial charge on any atom is -0.497 e. The van der Waals surface area contributed by atoms with Crippen LogP contribution in [0.4, 0.5) is 0 Å². The van der Waals surface area contributed by atoms with Gasteiger partial charge in [-0.05, 0) is 50.1 Å². The standard InChI is InChI=1S/C26H29NO4/c1-26(2,3)31-25(29)15-12-21-16-22(28)17-24(20-10-13-23(30-4)14-11-20)27(21)18-19-8-6-5-7-9-19/h5-16,24H,17-18H2,1-4H3/b15-12+. The second-order valence-corrected chi connectivity index (χ2v) is 8.51. The summed E-state index contributed by atoms with van der Waals surface area (Å²) in [7, 11) is 1.63. The summed E-state index contributed by atoms with van der Waals surface area (Å²) in [6, 6.07) is 17.7. The fourth-order valence-electron chi connectivity index (χ4n) is 3.53. The van der Waals surface area contributed by atoms with Crippen LogP contribution in [-0.4, -0.2) is 29.4 Å². The van der Waals surface area contributed by atoms with Gasteiger partial charge in [0.05, 0.1) is 13.2 Å². The maximum atomic E-state index is 12.6. The van der Waals surface area contributed by atoms with E-state index in [4.69, 9.17) is 9.47 Å². The van der Waals surface area contributed by atoms with Crippen molar-refractivity contribution in [3.63, 3.8) is 0 Å². The van der Waals surface area contributed by atoms with E-state index in [9.17, 15) is 9.59 Å². The first-order valence-electron chi connectivity index (χ1n) is 10.4. The zero-order valence-electron chi connectivity index (χ0n) is 18.5. The largest absolute Gasteiger partial charge is 0.497 e. The molecule has 0 spiro atoms. The molecule has 0 aliphatic carbocycles. The molecule has 1 atom stereocenters. The van der Waals surface area contributed by atoms with Crippen LogP contribution in [0.25, 0.3) is 0 Å². The van der Waals surface area contributed by atoms with Gasteiger partial charge in [-0.15, -0.1) is 0 Å². The van der Waals surface area contributed by atoms with Gasteiger partial charge in [-0.3, -0.25) is 4.79 Å². The first-order valence-corrected chi connectivity index (χ1v) is 10.4. The number of hydrogen-bond acceptors (Lipinski definition) is 5. The third-order valence-electron chi connectivity index (χ3n) is 4.90. The predicted molar refractivity (Wildman–Crippen MR) is 120 cm³/mol. The Bertz CT molecular complexity index is 969. The summed E-state index contributed by atoms with van der Waals surface area (Å²) >= 11 is 0. The second-order valence-electron chi connectivity index (χ2n) is 8.51. The summed E-state index contributed by atoms with van der Waals surface area (Å²) < 4.78 is 10.6. The molecule has 31 heavy (non-hydrogen) atoms. The van der Waals surface area contributed by atoms with Crippen molar-refractivity contribution in [1.29, 1.82) is 0 Å². The summed E-state index contributed by atoms with van der Waals surface area (Å²) in [6.45, 7) is 6.08. The third-order valence-corrected chi connectivity index (χ3v) is 4.90. The quantitative estimate of drug-likeness (QED) is 0.488. The molecule has 0 saturated heterocycles. The second kappa shape index (κ2) is 9.65. The van der Waals surface area contributed by atoms with Gasteiger partial charge in [0, 0.05) is 30.8 Å². The number of methoxy groups -OCH3 is 1. The monoisotopic (exact) mass is 419 g/mol. The molecule has 0 amide bonds. The molecule has 0 bridgehead atoms. The van der Waals surface area contributed by atoms with Crippen LogP contribution >= 0.6 is 0 Å². The summed E-state index contributed by atoms with van der Waals surface area (Å²) in [5.41, 5.74) is 2.24.